The van der Waals surface area contributed by atoms with Crippen molar-refractivity contribution in [3.8, 4) is 0 Å². The molecule has 0 aromatic heterocycles. The van der Waals surface area contributed by atoms with Crippen LogP contribution in [0.4, 0.5) is 0 Å². The molecular formula is C12H27NO. The maximum atomic E-state index is 5.10. The van der Waals surface area contributed by atoms with Crippen molar-refractivity contribution in [1.82, 2.24) is 5.32 Å². The van der Waals surface area contributed by atoms with Gasteiger partial charge in [-0.1, -0.05) is 27.7 Å². The molecule has 0 saturated carbocycles. The summed E-state index contributed by atoms with van der Waals surface area (Å²) in [5.41, 5.74) is 0.411. The van der Waals surface area contributed by atoms with E-state index < -0.39 is 0 Å². The first-order valence-corrected chi connectivity index (χ1v) is 5.76. The highest BCUT2D eigenvalue weighted by molar-refractivity contribution is 4.79. The van der Waals surface area contributed by atoms with E-state index in [0.717, 1.165) is 32.0 Å². The van der Waals surface area contributed by atoms with Gasteiger partial charge in [0.05, 0.1) is 0 Å². The third-order valence-electron chi connectivity index (χ3n) is 3.27. The van der Waals surface area contributed by atoms with E-state index >= 15 is 0 Å². The van der Waals surface area contributed by atoms with Gasteiger partial charge >= 0.3 is 0 Å². The van der Waals surface area contributed by atoms with Crippen LogP contribution in [0.3, 0.4) is 0 Å². The molecule has 0 heterocycles. The second kappa shape index (κ2) is 7.24. The van der Waals surface area contributed by atoms with E-state index in [9.17, 15) is 0 Å². The van der Waals surface area contributed by atoms with Crippen LogP contribution in [-0.2, 0) is 4.74 Å². The molecule has 0 aromatic rings. The average molecular weight is 201 g/mol. The van der Waals surface area contributed by atoms with Crippen molar-refractivity contribution >= 4 is 0 Å². The molecule has 0 aliphatic carbocycles. The molecular weight excluding hydrogens is 174 g/mol. The van der Waals surface area contributed by atoms with Crippen LogP contribution in [0.1, 0.15) is 40.5 Å². The highest BCUT2D eigenvalue weighted by Crippen LogP contribution is 2.31. The fraction of sp³-hybridized carbons (Fsp3) is 1.00. The largest absolute Gasteiger partial charge is 0.385 e. The van der Waals surface area contributed by atoms with Crippen LogP contribution in [0.25, 0.3) is 0 Å². The standard InChI is InChI=1S/C12H27NO/c1-6-13-10-12(4,11(2)3)8-7-9-14-5/h11,13H,6-10H2,1-5H3. The van der Waals surface area contributed by atoms with Gasteiger partial charge in [0, 0.05) is 20.3 Å². The average Bonchev–Trinajstić information content (AvgIpc) is 2.15. The fourth-order valence-corrected chi connectivity index (χ4v) is 1.61. The first-order chi connectivity index (χ1) is 6.56. The van der Waals surface area contributed by atoms with E-state index in [0.29, 0.717) is 5.41 Å². The first-order valence-electron chi connectivity index (χ1n) is 5.76. The summed E-state index contributed by atoms with van der Waals surface area (Å²) in [6.07, 6.45) is 2.40. The monoisotopic (exact) mass is 201 g/mol. The number of hydrogen-bond donors (Lipinski definition) is 1. The van der Waals surface area contributed by atoms with E-state index in [2.05, 4.69) is 33.0 Å². The zero-order chi connectivity index (χ0) is 11.0. The van der Waals surface area contributed by atoms with Gasteiger partial charge in [-0.3, -0.25) is 0 Å². The molecule has 0 rings (SSSR count). The van der Waals surface area contributed by atoms with E-state index in [1.165, 1.54) is 6.42 Å². The minimum atomic E-state index is 0.411. The molecule has 2 heteroatoms. The molecule has 2 nitrogen and oxygen atoms in total. The molecule has 0 radical (unpaired) electrons. The lowest BCUT2D eigenvalue weighted by Crippen LogP contribution is -2.36. The molecule has 0 spiro atoms. The topological polar surface area (TPSA) is 21.3 Å². The number of methoxy groups -OCH3 is 1. The molecule has 0 fully saturated rings. The Morgan fingerprint density at radius 2 is 2.00 bits per heavy atom. The first kappa shape index (κ1) is 13.9. The lowest BCUT2D eigenvalue weighted by molar-refractivity contribution is 0.143. The van der Waals surface area contributed by atoms with Crippen molar-refractivity contribution < 1.29 is 4.74 Å². The summed E-state index contributed by atoms with van der Waals surface area (Å²) in [6.45, 7) is 12.2. The molecule has 0 saturated heterocycles. The molecule has 0 aliphatic heterocycles. The minimum Gasteiger partial charge on any atom is -0.385 e. The van der Waals surface area contributed by atoms with Gasteiger partial charge in [-0.05, 0) is 30.7 Å². The normalized spacial score (nSPS) is 15.9. The molecule has 14 heavy (non-hydrogen) atoms. The third-order valence-corrected chi connectivity index (χ3v) is 3.27. The quantitative estimate of drug-likeness (QED) is 0.610. The number of rotatable bonds is 8. The smallest absolute Gasteiger partial charge is 0.0462 e. The molecule has 0 aliphatic rings. The van der Waals surface area contributed by atoms with Crippen LogP contribution < -0.4 is 5.32 Å². The van der Waals surface area contributed by atoms with Gasteiger partial charge in [0.25, 0.3) is 0 Å². The summed E-state index contributed by atoms with van der Waals surface area (Å²) in [5.74, 6) is 0.721. The van der Waals surface area contributed by atoms with Gasteiger partial charge in [-0.2, -0.15) is 0 Å². The number of nitrogens with one attached hydrogen (secondary N) is 1. The maximum absolute atomic E-state index is 5.10. The van der Waals surface area contributed by atoms with E-state index in [4.69, 9.17) is 4.74 Å². The van der Waals surface area contributed by atoms with Crippen LogP contribution in [0.5, 0.6) is 0 Å². The zero-order valence-electron chi connectivity index (χ0n) is 10.5. The summed E-state index contributed by atoms with van der Waals surface area (Å²) >= 11 is 0. The Bertz CT molecular complexity index is 136. The van der Waals surface area contributed by atoms with Crippen LogP contribution in [0.2, 0.25) is 0 Å². The van der Waals surface area contributed by atoms with Crippen molar-refractivity contribution in [3.63, 3.8) is 0 Å². The lowest BCUT2D eigenvalue weighted by Gasteiger charge is -2.34. The van der Waals surface area contributed by atoms with Crippen molar-refractivity contribution in [1.29, 1.82) is 0 Å². The van der Waals surface area contributed by atoms with Crippen molar-refractivity contribution in [2.75, 3.05) is 26.8 Å². The summed E-state index contributed by atoms with van der Waals surface area (Å²) in [6, 6.07) is 0. The summed E-state index contributed by atoms with van der Waals surface area (Å²) in [4.78, 5) is 0. The Kier molecular flexibility index (Phi) is 7.20. The molecule has 1 unspecified atom stereocenters. The van der Waals surface area contributed by atoms with E-state index in [1.807, 2.05) is 0 Å². The highest BCUT2D eigenvalue weighted by atomic mass is 16.5. The molecule has 86 valence electrons. The lowest BCUT2D eigenvalue weighted by atomic mass is 9.75. The zero-order valence-corrected chi connectivity index (χ0v) is 10.5. The Balaban J connectivity index is 3.96. The molecule has 0 amide bonds. The molecule has 1 N–H and O–H groups in total. The van der Waals surface area contributed by atoms with Crippen LogP contribution in [0, 0.1) is 11.3 Å². The molecule has 0 aromatic carbocycles. The van der Waals surface area contributed by atoms with E-state index in [-0.39, 0.29) is 0 Å². The predicted molar refractivity (Wildman–Crippen MR) is 62.6 cm³/mol. The number of hydrogen-bond acceptors (Lipinski definition) is 2. The predicted octanol–water partition coefficient (Wildman–Crippen LogP) is 2.68. The Morgan fingerprint density at radius 1 is 1.36 bits per heavy atom. The summed E-state index contributed by atoms with van der Waals surface area (Å²) < 4.78 is 5.10. The van der Waals surface area contributed by atoms with Crippen molar-refractivity contribution in [2.24, 2.45) is 11.3 Å². The molecule has 0 bridgehead atoms. The van der Waals surface area contributed by atoms with Gasteiger partial charge in [0.2, 0.25) is 0 Å². The summed E-state index contributed by atoms with van der Waals surface area (Å²) in [5, 5.41) is 3.46. The molecule has 1 atom stereocenters. The highest BCUT2D eigenvalue weighted by Gasteiger charge is 2.26. The van der Waals surface area contributed by atoms with Gasteiger partial charge in [0.1, 0.15) is 0 Å². The van der Waals surface area contributed by atoms with Crippen LogP contribution >= 0.6 is 0 Å². The third kappa shape index (κ3) is 4.97. The maximum Gasteiger partial charge on any atom is 0.0462 e. The van der Waals surface area contributed by atoms with Crippen molar-refractivity contribution in [3.05, 3.63) is 0 Å². The van der Waals surface area contributed by atoms with Gasteiger partial charge in [-0.15, -0.1) is 0 Å². The van der Waals surface area contributed by atoms with Gasteiger partial charge in [-0.25, -0.2) is 0 Å². The minimum absolute atomic E-state index is 0.411. The second-order valence-corrected chi connectivity index (χ2v) is 4.69. The summed E-state index contributed by atoms with van der Waals surface area (Å²) in [7, 11) is 1.77. The Labute approximate surface area is 89.4 Å². The Morgan fingerprint density at radius 3 is 2.43 bits per heavy atom. The van der Waals surface area contributed by atoms with Gasteiger partial charge in [0.15, 0.2) is 0 Å². The SMILES string of the molecule is CCNCC(C)(CCCOC)C(C)C. The van der Waals surface area contributed by atoms with Crippen LogP contribution in [-0.4, -0.2) is 26.8 Å². The fourth-order valence-electron chi connectivity index (χ4n) is 1.61. The van der Waals surface area contributed by atoms with Crippen molar-refractivity contribution in [2.45, 2.75) is 40.5 Å². The second-order valence-electron chi connectivity index (χ2n) is 4.69. The van der Waals surface area contributed by atoms with Crippen LogP contribution in [0.15, 0.2) is 0 Å². The van der Waals surface area contributed by atoms with Gasteiger partial charge < -0.3 is 10.1 Å². The number of ether oxygens (including phenoxy) is 1. The Hall–Kier alpha value is -0.0800. The van der Waals surface area contributed by atoms with E-state index in [1.54, 1.807) is 7.11 Å².